The Labute approximate surface area is 212 Å². The molecule has 0 radical (unpaired) electrons. The van der Waals surface area contributed by atoms with Crippen LogP contribution < -0.4 is 20.5 Å². The van der Waals surface area contributed by atoms with Crippen molar-refractivity contribution in [2.24, 2.45) is 5.73 Å². The Kier molecular flexibility index (Phi) is 9.48. The minimum Gasteiger partial charge on any atom is -0.434 e. The van der Waals surface area contributed by atoms with Gasteiger partial charge in [0.05, 0.1) is 17.5 Å². The zero-order valence-corrected chi connectivity index (χ0v) is 20.8. The van der Waals surface area contributed by atoms with Crippen LogP contribution >= 0.6 is 36.4 Å². The van der Waals surface area contributed by atoms with Gasteiger partial charge in [0.1, 0.15) is 11.1 Å². The molecule has 2 atom stereocenters. The second-order valence-corrected chi connectivity index (χ2v) is 10.3. The fourth-order valence-corrected chi connectivity index (χ4v) is 5.36. The molecule has 190 valence electrons. The number of pyridine rings is 1. The second kappa shape index (κ2) is 11.2. The SMILES string of the molecule is Cl.Cl.NCc1ccc(Cl)c(Oc2cccc(C[C@@H]3NCC(F)(F)[C@@H]3NS(=O)(=O)C3CC3)c2F)n1. The molecule has 1 aromatic heterocycles. The molecule has 2 fully saturated rings. The van der Waals surface area contributed by atoms with Crippen LogP contribution in [0, 0.1) is 5.82 Å². The summed E-state index contributed by atoms with van der Waals surface area (Å²) in [4.78, 5) is 4.12. The van der Waals surface area contributed by atoms with Crippen LogP contribution in [0.1, 0.15) is 24.1 Å². The van der Waals surface area contributed by atoms with Crippen molar-refractivity contribution in [3.63, 3.8) is 0 Å². The van der Waals surface area contributed by atoms with Gasteiger partial charge in [-0.15, -0.1) is 24.8 Å². The summed E-state index contributed by atoms with van der Waals surface area (Å²) in [6.07, 6.45) is 0.712. The number of nitrogens with zero attached hydrogens (tertiary/aromatic N) is 1. The highest BCUT2D eigenvalue weighted by molar-refractivity contribution is 7.90. The zero-order valence-electron chi connectivity index (χ0n) is 17.6. The van der Waals surface area contributed by atoms with Crippen LogP contribution in [0.5, 0.6) is 11.6 Å². The molecule has 2 aromatic rings. The molecule has 4 N–H and O–H groups in total. The second-order valence-electron chi connectivity index (χ2n) is 7.92. The van der Waals surface area contributed by atoms with Crippen molar-refractivity contribution in [1.29, 1.82) is 0 Å². The lowest BCUT2D eigenvalue weighted by Crippen LogP contribution is -2.52. The van der Waals surface area contributed by atoms with Gasteiger partial charge in [-0.25, -0.2) is 31.3 Å². The molecule has 0 bridgehead atoms. The van der Waals surface area contributed by atoms with Gasteiger partial charge in [-0.3, -0.25) is 0 Å². The lowest BCUT2D eigenvalue weighted by atomic mass is 9.99. The lowest BCUT2D eigenvalue weighted by Gasteiger charge is -2.25. The summed E-state index contributed by atoms with van der Waals surface area (Å²) in [5.41, 5.74) is 6.13. The number of hydrogen-bond acceptors (Lipinski definition) is 6. The van der Waals surface area contributed by atoms with E-state index in [1.165, 1.54) is 24.3 Å². The number of alkyl halides is 2. The highest BCUT2D eigenvalue weighted by Gasteiger charge is 2.53. The largest absolute Gasteiger partial charge is 0.434 e. The van der Waals surface area contributed by atoms with Gasteiger partial charge in [-0.2, -0.15) is 0 Å². The first-order chi connectivity index (χ1) is 15.1. The minimum absolute atomic E-state index is 0. The molecule has 1 saturated carbocycles. The van der Waals surface area contributed by atoms with Gasteiger partial charge in [0, 0.05) is 12.6 Å². The number of nitrogens with one attached hydrogen (secondary N) is 2. The predicted octanol–water partition coefficient (Wildman–Crippen LogP) is 3.57. The van der Waals surface area contributed by atoms with Gasteiger partial charge in [-0.05, 0) is 43.0 Å². The van der Waals surface area contributed by atoms with Crippen molar-refractivity contribution in [1.82, 2.24) is 15.0 Å². The maximum absolute atomic E-state index is 15.1. The average Bonchev–Trinajstić information content (AvgIpc) is 3.56. The van der Waals surface area contributed by atoms with E-state index in [1.54, 1.807) is 6.07 Å². The fraction of sp³-hybridized carbons (Fsp3) is 0.450. The average molecular weight is 564 g/mol. The number of nitrogens with two attached hydrogens (primary N) is 1. The summed E-state index contributed by atoms with van der Waals surface area (Å²) in [6.45, 7) is -0.575. The van der Waals surface area contributed by atoms with E-state index < -0.39 is 45.6 Å². The first-order valence-electron chi connectivity index (χ1n) is 10.0. The smallest absolute Gasteiger partial charge is 0.277 e. The quantitative estimate of drug-likeness (QED) is 0.454. The first kappa shape index (κ1) is 28.9. The molecule has 0 unspecified atom stereocenters. The van der Waals surface area contributed by atoms with Gasteiger partial charge in [0.15, 0.2) is 11.6 Å². The van der Waals surface area contributed by atoms with Crippen LogP contribution in [0.25, 0.3) is 0 Å². The summed E-state index contributed by atoms with van der Waals surface area (Å²) in [7, 11) is -3.86. The molecule has 7 nitrogen and oxygen atoms in total. The molecular formula is C20H24Cl3F3N4O3S. The van der Waals surface area contributed by atoms with Crippen molar-refractivity contribution < 1.29 is 26.3 Å². The summed E-state index contributed by atoms with van der Waals surface area (Å²) >= 11 is 6.07. The molecule has 1 saturated heterocycles. The number of halogens is 6. The normalized spacial score (nSPS) is 21.4. The standard InChI is InChI=1S/C20H22ClF3N4O3S.2ClH/c21-14-7-4-12(9-25)27-19(14)31-16-3-1-2-11(17(16)22)8-15-18(20(23,24)10-26-15)28-32(29,30)13-5-6-13;;/h1-4,7,13,15,18,26,28H,5-6,8-10,25H2;2*1H/t15-,18+;;/m0../s1. The molecule has 1 aliphatic heterocycles. The Morgan fingerprint density at radius 1 is 1.24 bits per heavy atom. The van der Waals surface area contributed by atoms with Crippen LogP contribution in [-0.4, -0.2) is 43.2 Å². The highest BCUT2D eigenvalue weighted by Crippen LogP contribution is 2.35. The number of hydrogen-bond donors (Lipinski definition) is 3. The fourth-order valence-electron chi connectivity index (χ4n) is 3.58. The Morgan fingerprint density at radius 3 is 2.59 bits per heavy atom. The van der Waals surface area contributed by atoms with E-state index in [4.69, 9.17) is 22.1 Å². The van der Waals surface area contributed by atoms with Gasteiger partial charge in [-0.1, -0.05) is 23.7 Å². The molecular weight excluding hydrogens is 540 g/mol. The zero-order chi connectivity index (χ0) is 23.1. The topological polar surface area (TPSA) is 106 Å². The summed E-state index contributed by atoms with van der Waals surface area (Å²) < 4.78 is 76.1. The van der Waals surface area contributed by atoms with Crippen LogP contribution in [0.2, 0.25) is 5.02 Å². The Hall–Kier alpha value is -1.34. The van der Waals surface area contributed by atoms with Crippen molar-refractivity contribution in [2.45, 2.75) is 49.1 Å². The molecule has 0 spiro atoms. The van der Waals surface area contributed by atoms with Crippen LogP contribution in [0.15, 0.2) is 30.3 Å². The molecule has 2 aliphatic rings. The molecule has 14 heteroatoms. The van der Waals surface area contributed by atoms with E-state index in [-0.39, 0.29) is 60.0 Å². The van der Waals surface area contributed by atoms with Gasteiger partial charge >= 0.3 is 0 Å². The van der Waals surface area contributed by atoms with E-state index in [9.17, 15) is 17.2 Å². The Morgan fingerprint density at radius 2 is 1.94 bits per heavy atom. The molecule has 1 aliphatic carbocycles. The number of benzene rings is 1. The van der Waals surface area contributed by atoms with Gasteiger partial charge in [0.2, 0.25) is 15.9 Å². The third-order valence-corrected chi connectivity index (χ3v) is 7.70. The van der Waals surface area contributed by atoms with Crippen LogP contribution in [0.4, 0.5) is 13.2 Å². The number of aromatic nitrogens is 1. The maximum Gasteiger partial charge on any atom is 0.277 e. The first-order valence-corrected chi connectivity index (χ1v) is 12.0. The summed E-state index contributed by atoms with van der Waals surface area (Å²) in [5.74, 6) is -4.31. The maximum atomic E-state index is 15.1. The minimum atomic E-state index is -3.86. The summed E-state index contributed by atoms with van der Waals surface area (Å²) in [5, 5.41) is 2.12. The van der Waals surface area contributed by atoms with Crippen LogP contribution in [0.3, 0.4) is 0 Å². The van der Waals surface area contributed by atoms with E-state index in [0.29, 0.717) is 18.5 Å². The third kappa shape index (κ3) is 6.26. The predicted molar refractivity (Wildman–Crippen MR) is 127 cm³/mol. The molecule has 0 amide bonds. The highest BCUT2D eigenvalue weighted by atomic mass is 35.5. The van der Waals surface area contributed by atoms with Crippen molar-refractivity contribution >= 4 is 46.4 Å². The van der Waals surface area contributed by atoms with Crippen molar-refractivity contribution in [3.8, 4) is 11.6 Å². The number of rotatable bonds is 8. The number of ether oxygens (including phenoxy) is 1. The van der Waals surface area contributed by atoms with E-state index >= 15 is 4.39 Å². The Balaban J connectivity index is 0.00000204. The Bertz CT molecular complexity index is 1120. The molecule has 4 rings (SSSR count). The molecule has 34 heavy (non-hydrogen) atoms. The van der Waals surface area contributed by atoms with Crippen LogP contribution in [-0.2, 0) is 23.0 Å². The third-order valence-electron chi connectivity index (χ3n) is 5.48. The van der Waals surface area contributed by atoms with Gasteiger partial charge < -0.3 is 15.8 Å². The van der Waals surface area contributed by atoms with E-state index in [1.807, 2.05) is 0 Å². The van der Waals surface area contributed by atoms with Crippen molar-refractivity contribution in [2.75, 3.05) is 6.54 Å². The van der Waals surface area contributed by atoms with E-state index in [2.05, 4.69) is 15.0 Å². The lowest BCUT2D eigenvalue weighted by molar-refractivity contribution is -0.000906. The molecule has 2 heterocycles. The number of sulfonamides is 1. The summed E-state index contributed by atoms with van der Waals surface area (Å²) in [6, 6.07) is 4.73. The monoisotopic (exact) mass is 562 g/mol. The van der Waals surface area contributed by atoms with E-state index in [0.717, 1.165) is 0 Å². The van der Waals surface area contributed by atoms with Crippen molar-refractivity contribution in [3.05, 3.63) is 52.4 Å². The molecule has 1 aromatic carbocycles. The van der Waals surface area contributed by atoms with Gasteiger partial charge in [0.25, 0.3) is 5.92 Å².